The highest BCUT2D eigenvalue weighted by atomic mass is 79.9. The fraction of sp³-hybridized carbons (Fsp3) is 0.455. The van der Waals surface area contributed by atoms with Crippen molar-refractivity contribution in [2.75, 3.05) is 20.6 Å². The molecular weight excluding hydrogens is 256 g/mol. The zero-order valence-corrected chi connectivity index (χ0v) is 10.7. The van der Waals surface area contributed by atoms with Crippen molar-refractivity contribution in [3.05, 3.63) is 33.8 Å². The first-order chi connectivity index (χ1) is 7.04. The second kappa shape index (κ2) is 5.61. The number of hydrogen-bond acceptors (Lipinski definition) is 3. The highest BCUT2D eigenvalue weighted by Crippen LogP contribution is 2.22. The van der Waals surface area contributed by atoms with Crippen LogP contribution in [0.2, 0.25) is 0 Å². The average Bonchev–Trinajstić information content (AvgIpc) is 2.19. The summed E-state index contributed by atoms with van der Waals surface area (Å²) in [6, 6.07) is 5.86. The molecule has 0 amide bonds. The van der Waals surface area contributed by atoms with Crippen LogP contribution in [0.4, 0.5) is 0 Å². The molecule has 0 spiro atoms. The highest BCUT2D eigenvalue weighted by Gasteiger charge is 2.08. The van der Waals surface area contributed by atoms with Crippen molar-refractivity contribution in [3.8, 4) is 0 Å². The predicted molar refractivity (Wildman–Crippen MR) is 65.5 cm³/mol. The maximum atomic E-state index is 9.57. The van der Waals surface area contributed by atoms with Crippen molar-refractivity contribution in [1.29, 1.82) is 0 Å². The molecule has 4 heteroatoms. The molecule has 0 saturated carbocycles. The van der Waals surface area contributed by atoms with Gasteiger partial charge < -0.3 is 15.7 Å². The Hall–Kier alpha value is -0.420. The van der Waals surface area contributed by atoms with Crippen LogP contribution in [0.5, 0.6) is 0 Å². The van der Waals surface area contributed by atoms with Gasteiger partial charge in [0.1, 0.15) is 0 Å². The van der Waals surface area contributed by atoms with E-state index in [1.165, 1.54) is 5.56 Å². The second-order valence-corrected chi connectivity index (χ2v) is 4.69. The summed E-state index contributed by atoms with van der Waals surface area (Å²) in [6.45, 7) is 1.12. The molecule has 0 aliphatic rings. The van der Waals surface area contributed by atoms with Gasteiger partial charge in [-0.1, -0.05) is 28.1 Å². The van der Waals surface area contributed by atoms with Crippen LogP contribution in [0, 0.1) is 0 Å². The first kappa shape index (κ1) is 12.6. The molecule has 0 aliphatic carbocycles. The lowest BCUT2D eigenvalue weighted by Gasteiger charge is -2.14. The van der Waals surface area contributed by atoms with E-state index >= 15 is 0 Å². The van der Waals surface area contributed by atoms with Gasteiger partial charge in [-0.05, 0) is 31.3 Å². The molecule has 0 fully saturated rings. The fourth-order valence-corrected chi connectivity index (χ4v) is 1.90. The van der Waals surface area contributed by atoms with E-state index in [2.05, 4.69) is 20.8 Å². The van der Waals surface area contributed by atoms with Crippen molar-refractivity contribution < 1.29 is 5.11 Å². The largest absolute Gasteiger partial charge is 0.387 e. The number of aliphatic hydroxyl groups is 1. The van der Waals surface area contributed by atoms with Gasteiger partial charge in [-0.15, -0.1) is 0 Å². The molecule has 3 N–H and O–H groups in total. The van der Waals surface area contributed by atoms with Gasteiger partial charge >= 0.3 is 0 Å². The van der Waals surface area contributed by atoms with Gasteiger partial charge in [0, 0.05) is 17.6 Å². The summed E-state index contributed by atoms with van der Waals surface area (Å²) in [4.78, 5) is 2.10. The third-order valence-electron chi connectivity index (χ3n) is 2.17. The van der Waals surface area contributed by atoms with Crippen LogP contribution < -0.4 is 5.73 Å². The highest BCUT2D eigenvalue weighted by molar-refractivity contribution is 9.10. The molecule has 0 radical (unpaired) electrons. The van der Waals surface area contributed by atoms with Crippen LogP contribution >= 0.6 is 15.9 Å². The molecule has 3 nitrogen and oxygen atoms in total. The Morgan fingerprint density at radius 3 is 2.60 bits per heavy atom. The number of rotatable bonds is 4. The van der Waals surface area contributed by atoms with Crippen molar-refractivity contribution in [2.45, 2.75) is 12.6 Å². The quantitative estimate of drug-likeness (QED) is 0.874. The Balaban J connectivity index is 2.88. The van der Waals surface area contributed by atoms with Gasteiger partial charge in [0.25, 0.3) is 0 Å². The minimum atomic E-state index is -0.574. The summed E-state index contributed by atoms with van der Waals surface area (Å²) in [5.74, 6) is 0. The second-order valence-electron chi connectivity index (χ2n) is 3.84. The molecule has 1 atom stereocenters. The van der Waals surface area contributed by atoms with E-state index in [1.54, 1.807) is 0 Å². The molecule has 1 unspecified atom stereocenters. The third kappa shape index (κ3) is 3.57. The van der Waals surface area contributed by atoms with E-state index < -0.39 is 6.10 Å². The standard InChI is InChI=1S/C11H17BrN2O/c1-14(2)7-9-4-3-8(5-10(9)12)11(15)6-13/h3-5,11,15H,6-7,13H2,1-2H3. The maximum absolute atomic E-state index is 9.57. The molecule has 0 aromatic heterocycles. The Kier molecular flexibility index (Phi) is 4.73. The molecule has 84 valence electrons. The monoisotopic (exact) mass is 272 g/mol. The molecular formula is C11H17BrN2O. The zero-order valence-electron chi connectivity index (χ0n) is 9.07. The van der Waals surface area contributed by atoms with Crippen LogP contribution in [0.1, 0.15) is 17.2 Å². The maximum Gasteiger partial charge on any atom is 0.0912 e. The Labute approximate surface area is 99.0 Å². The van der Waals surface area contributed by atoms with Gasteiger partial charge in [-0.3, -0.25) is 0 Å². The summed E-state index contributed by atoms with van der Waals surface area (Å²) in [6.07, 6.45) is -0.574. The smallest absolute Gasteiger partial charge is 0.0912 e. The number of nitrogens with zero attached hydrogens (tertiary/aromatic N) is 1. The molecule has 0 saturated heterocycles. The Morgan fingerprint density at radius 1 is 1.47 bits per heavy atom. The minimum absolute atomic E-state index is 0.249. The molecule has 1 rings (SSSR count). The minimum Gasteiger partial charge on any atom is -0.387 e. The number of nitrogens with two attached hydrogens (primary N) is 1. The van der Waals surface area contributed by atoms with E-state index in [4.69, 9.17) is 5.73 Å². The van der Waals surface area contributed by atoms with Crippen LogP contribution in [-0.2, 0) is 6.54 Å². The lowest BCUT2D eigenvalue weighted by Crippen LogP contribution is -2.13. The van der Waals surface area contributed by atoms with E-state index in [-0.39, 0.29) is 6.54 Å². The first-order valence-electron chi connectivity index (χ1n) is 4.85. The van der Waals surface area contributed by atoms with Crippen LogP contribution in [0.3, 0.4) is 0 Å². The van der Waals surface area contributed by atoms with Crippen LogP contribution in [-0.4, -0.2) is 30.6 Å². The summed E-state index contributed by atoms with van der Waals surface area (Å²) < 4.78 is 1.02. The van der Waals surface area contributed by atoms with Crippen molar-refractivity contribution >= 4 is 15.9 Å². The SMILES string of the molecule is CN(C)Cc1ccc(C(O)CN)cc1Br. The third-order valence-corrected chi connectivity index (χ3v) is 2.91. The Morgan fingerprint density at radius 2 is 2.13 bits per heavy atom. The molecule has 1 aromatic rings. The fourth-order valence-electron chi connectivity index (χ4n) is 1.38. The van der Waals surface area contributed by atoms with E-state index in [1.807, 2.05) is 32.3 Å². The molecule has 0 heterocycles. The lowest BCUT2D eigenvalue weighted by molar-refractivity contribution is 0.186. The average molecular weight is 273 g/mol. The molecule has 15 heavy (non-hydrogen) atoms. The van der Waals surface area contributed by atoms with Gasteiger partial charge in [-0.2, -0.15) is 0 Å². The molecule has 0 aliphatic heterocycles. The molecule has 1 aromatic carbocycles. The van der Waals surface area contributed by atoms with Gasteiger partial charge in [0.2, 0.25) is 0 Å². The normalized spacial score (nSPS) is 13.2. The number of hydrogen-bond donors (Lipinski definition) is 2. The number of halogens is 1. The summed E-state index contributed by atoms with van der Waals surface area (Å²) in [5, 5.41) is 9.57. The van der Waals surface area contributed by atoms with E-state index in [0.29, 0.717) is 0 Å². The van der Waals surface area contributed by atoms with Crippen molar-refractivity contribution in [3.63, 3.8) is 0 Å². The van der Waals surface area contributed by atoms with E-state index in [0.717, 1.165) is 16.6 Å². The zero-order chi connectivity index (χ0) is 11.4. The number of aliphatic hydroxyl groups excluding tert-OH is 1. The molecule has 0 bridgehead atoms. The Bertz CT molecular complexity index is 328. The van der Waals surface area contributed by atoms with Crippen molar-refractivity contribution in [2.24, 2.45) is 5.73 Å². The van der Waals surface area contributed by atoms with Gasteiger partial charge in [0.15, 0.2) is 0 Å². The van der Waals surface area contributed by atoms with Crippen molar-refractivity contribution in [1.82, 2.24) is 4.90 Å². The summed E-state index contributed by atoms with van der Waals surface area (Å²) in [5.41, 5.74) is 7.45. The number of benzene rings is 1. The van der Waals surface area contributed by atoms with Crippen LogP contribution in [0.15, 0.2) is 22.7 Å². The van der Waals surface area contributed by atoms with Crippen LogP contribution in [0.25, 0.3) is 0 Å². The van der Waals surface area contributed by atoms with Gasteiger partial charge in [0.05, 0.1) is 6.10 Å². The lowest BCUT2D eigenvalue weighted by atomic mass is 10.1. The van der Waals surface area contributed by atoms with Gasteiger partial charge in [-0.25, -0.2) is 0 Å². The summed E-state index contributed by atoms with van der Waals surface area (Å²) >= 11 is 3.49. The first-order valence-corrected chi connectivity index (χ1v) is 5.65. The summed E-state index contributed by atoms with van der Waals surface area (Å²) in [7, 11) is 4.05. The topological polar surface area (TPSA) is 49.5 Å². The predicted octanol–water partition coefficient (Wildman–Crippen LogP) is 1.50. The van der Waals surface area contributed by atoms with E-state index in [9.17, 15) is 5.11 Å².